The van der Waals surface area contributed by atoms with Crippen molar-refractivity contribution in [2.75, 3.05) is 0 Å². The summed E-state index contributed by atoms with van der Waals surface area (Å²) in [7, 11) is 0. The predicted octanol–water partition coefficient (Wildman–Crippen LogP) is 6.38. The van der Waals surface area contributed by atoms with E-state index in [0.29, 0.717) is 0 Å². The normalized spacial score (nSPS) is 13.4. The molecule has 0 aromatic heterocycles. The molecule has 0 fully saturated rings. The van der Waals surface area contributed by atoms with Gasteiger partial charge >= 0.3 is 0 Å². The van der Waals surface area contributed by atoms with E-state index in [1.54, 1.807) is 0 Å². The van der Waals surface area contributed by atoms with E-state index in [1.165, 1.54) is 5.56 Å². The molecule has 1 heterocycles. The molecule has 1 aromatic carbocycles. The van der Waals surface area contributed by atoms with Gasteiger partial charge in [-0.1, -0.05) is 27.7 Å². The quantitative estimate of drug-likeness (QED) is 0.443. The molecule has 2 nitrogen and oxygen atoms in total. The highest BCUT2D eigenvalue weighted by atomic mass is 16.5. The molecule has 2 heteroatoms. The van der Waals surface area contributed by atoms with Crippen molar-refractivity contribution in [3.63, 3.8) is 0 Å². The molecular formula is C21H36O2. The molecule has 0 amide bonds. The van der Waals surface area contributed by atoms with Gasteiger partial charge in [-0.15, -0.1) is 13.2 Å². The maximum atomic E-state index is 11.2. The minimum Gasteiger partial charge on any atom is -0.487 e. The number of carbonyl (C=O) groups is 1. The van der Waals surface area contributed by atoms with E-state index in [9.17, 15) is 4.79 Å². The average Bonchev–Trinajstić information content (AvgIpc) is 2.58. The van der Waals surface area contributed by atoms with Crippen LogP contribution < -0.4 is 4.74 Å². The summed E-state index contributed by atoms with van der Waals surface area (Å²) in [6.45, 7) is 24.3. The molecule has 0 saturated carbocycles. The van der Waals surface area contributed by atoms with Crippen LogP contribution in [-0.4, -0.2) is 11.9 Å². The van der Waals surface area contributed by atoms with E-state index in [4.69, 9.17) is 4.74 Å². The first kappa shape index (κ1) is 23.7. The van der Waals surface area contributed by atoms with Crippen LogP contribution in [0.25, 0.3) is 0 Å². The van der Waals surface area contributed by atoms with Crippen LogP contribution in [0.4, 0.5) is 0 Å². The highest BCUT2D eigenvalue weighted by Gasteiger charge is 2.30. The van der Waals surface area contributed by atoms with Gasteiger partial charge < -0.3 is 4.74 Å². The molecule has 1 aliphatic rings. The summed E-state index contributed by atoms with van der Waals surface area (Å²) in [5, 5.41) is 0. The molecular weight excluding hydrogens is 284 g/mol. The number of fused-ring (bicyclic) bond motifs is 1. The van der Waals surface area contributed by atoms with E-state index >= 15 is 0 Å². The van der Waals surface area contributed by atoms with Gasteiger partial charge in [0.1, 0.15) is 11.4 Å². The highest BCUT2D eigenvalue weighted by molar-refractivity contribution is 5.82. The summed E-state index contributed by atoms with van der Waals surface area (Å²) in [4.78, 5) is 11.2. The number of aldehydes is 1. The zero-order valence-corrected chi connectivity index (χ0v) is 16.7. The second kappa shape index (κ2) is 11.0. The van der Waals surface area contributed by atoms with Gasteiger partial charge in [-0.25, -0.2) is 0 Å². The molecule has 0 saturated heterocycles. The molecule has 132 valence electrons. The summed E-state index contributed by atoms with van der Waals surface area (Å²) in [6, 6.07) is 0. The van der Waals surface area contributed by atoms with E-state index in [2.05, 4.69) is 27.0 Å². The number of carbonyl (C=O) groups excluding carboxylic acids is 1. The van der Waals surface area contributed by atoms with Crippen LogP contribution in [0, 0.1) is 20.8 Å². The Balaban J connectivity index is 0. The average molecular weight is 321 g/mol. The summed E-state index contributed by atoms with van der Waals surface area (Å²) in [5.41, 5.74) is 5.21. The van der Waals surface area contributed by atoms with Gasteiger partial charge in [-0.3, -0.25) is 4.79 Å². The van der Waals surface area contributed by atoms with E-state index in [-0.39, 0.29) is 5.60 Å². The Morgan fingerprint density at radius 1 is 0.957 bits per heavy atom. The topological polar surface area (TPSA) is 26.3 Å². The molecule has 0 aliphatic carbocycles. The zero-order valence-electron chi connectivity index (χ0n) is 16.7. The lowest BCUT2D eigenvalue weighted by Gasteiger charge is -2.35. The third kappa shape index (κ3) is 5.53. The monoisotopic (exact) mass is 320 g/mol. The van der Waals surface area contributed by atoms with Crippen LogP contribution in [0.2, 0.25) is 0 Å². The number of benzene rings is 1. The van der Waals surface area contributed by atoms with Crippen LogP contribution >= 0.6 is 0 Å². The molecule has 0 N–H and O–H groups in total. The van der Waals surface area contributed by atoms with Gasteiger partial charge in [-0.2, -0.15) is 0 Å². The fourth-order valence-corrected chi connectivity index (χ4v) is 2.58. The third-order valence-corrected chi connectivity index (χ3v) is 3.91. The van der Waals surface area contributed by atoms with Gasteiger partial charge in [0.2, 0.25) is 0 Å². The summed E-state index contributed by atoms with van der Waals surface area (Å²) >= 11 is 0. The van der Waals surface area contributed by atoms with Gasteiger partial charge in [0.05, 0.1) is 0 Å². The Labute approximate surface area is 144 Å². The standard InChI is InChI=1S/C15H20O2.2C2H6.C2H4/c1-9-10(2)14-12(11(3)13(9)8-16)6-7-15(4,5)17-14;3*1-2/h8H,6-7H2,1-5H3;2*1-2H3;1-2H2. The molecule has 1 aromatic rings. The molecule has 1 aliphatic heterocycles. The Hall–Kier alpha value is -1.57. The molecule has 23 heavy (non-hydrogen) atoms. The SMILES string of the molecule is C=C.CC.CC.Cc1c(C)c2c(c(C)c1C=O)CCC(C)(C)O2. The van der Waals surface area contributed by atoms with Crippen molar-refractivity contribution in [1.82, 2.24) is 0 Å². The van der Waals surface area contributed by atoms with Crippen LogP contribution in [0.5, 0.6) is 5.75 Å². The molecule has 0 spiro atoms. The van der Waals surface area contributed by atoms with E-state index in [1.807, 2.05) is 48.5 Å². The smallest absolute Gasteiger partial charge is 0.150 e. The van der Waals surface area contributed by atoms with Gasteiger partial charge in [0, 0.05) is 5.56 Å². The van der Waals surface area contributed by atoms with Crippen molar-refractivity contribution in [3.05, 3.63) is 41.0 Å². The number of rotatable bonds is 1. The lowest BCUT2D eigenvalue weighted by atomic mass is 9.86. The van der Waals surface area contributed by atoms with E-state index in [0.717, 1.165) is 47.1 Å². The van der Waals surface area contributed by atoms with Crippen LogP contribution in [0.1, 0.15) is 80.6 Å². The first-order valence-electron chi connectivity index (χ1n) is 8.64. The van der Waals surface area contributed by atoms with Crippen LogP contribution in [0.3, 0.4) is 0 Å². The second-order valence-electron chi connectivity index (χ2n) is 5.58. The molecule has 0 radical (unpaired) electrons. The summed E-state index contributed by atoms with van der Waals surface area (Å²) < 4.78 is 6.10. The van der Waals surface area contributed by atoms with E-state index < -0.39 is 0 Å². The fraction of sp³-hybridized carbons (Fsp3) is 0.571. The predicted molar refractivity (Wildman–Crippen MR) is 103 cm³/mol. The Bertz CT molecular complexity index is 499. The van der Waals surface area contributed by atoms with Crippen molar-refractivity contribution >= 4 is 6.29 Å². The van der Waals surface area contributed by atoms with Crippen molar-refractivity contribution in [2.45, 2.75) is 80.8 Å². The summed E-state index contributed by atoms with van der Waals surface area (Å²) in [5.74, 6) is 1.00. The van der Waals surface area contributed by atoms with Crippen molar-refractivity contribution < 1.29 is 9.53 Å². The lowest BCUT2D eigenvalue weighted by Crippen LogP contribution is -2.33. The summed E-state index contributed by atoms with van der Waals surface area (Å²) in [6.07, 6.45) is 2.97. The highest BCUT2D eigenvalue weighted by Crippen LogP contribution is 2.40. The Morgan fingerprint density at radius 3 is 1.87 bits per heavy atom. The maximum Gasteiger partial charge on any atom is 0.150 e. The van der Waals surface area contributed by atoms with Crippen molar-refractivity contribution in [3.8, 4) is 5.75 Å². The van der Waals surface area contributed by atoms with Crippen LogP contribution in [0.15, 0.2) is 13.2 Å². The largest absolute Gasteiger partial charge is 0.487 e. The number of hydrogen-bond acceptors (Lipinski definition) is 2. The van der Waals surface area contributed by atoms with Crippen LogP contribution in [-0.2, 0) is 6.42 Å². The van der Waals surface area contributed by atoms with Crippen molar-refractivity contribution in [2.24, 2.45) is 0 Å². The first-order chi connectivity index (χ1) is 10.9. The minimum absolute atomic E-state index is 0.0979. The van der Waals surface area contributed by atoms with Gasteiger partial charge in [-0.05, 0) is 69.7 Å². The van der Waals surface area contributed by atoms with Crippen molar-refractivity contribution in [1.29, 1.82) is 0 Å². The van der Waals surface area contributed by atoms with Gasteiger partial charge in [0.25, 0.3) is 0 Å². The van der Waals surface area contributed by atoms with Gasteiger partial charge in [0.15, 0.2) is 6.29 Å². The number of hydrogen-bond donors (Lipinski definition) is 0. The zero-order chi connectivity index (χ0) is 18.8. The molecule has 0 unspecified atom stereocenters. The molecule has 0 atom stereocenters. The number of ether oxygens (including phenoxy) is 1. The fourth-order valence-electron chi connectivity index (χ4n) is 2.58. The lowest BCUT2D eigenvalue weighted by molar-refractivity contribution is 0.0833. The second-order valence-corrected chi connectivity index (χ2v) is 5.58. The maximum absolute atomic E-state index is 11.2. The molecule has 2 rings (SSSR count). The Morgan fingerprint density at radius 2 is 1.43 bits per heavy atom. The molecule has 0 bridgehead atoms. The minimum atomic E-state index is -0.0979. The third-order valence-electron chi connectivity index (χ3n) is 3.91. The first-order valence-corrected chi connectivity index (χ1v) is 8.64. The Kier molecular flexibility index (Phi) is 11.4.